The van der Waals surface area contributed by atoms with Gasteiger partial charge in [0.15, 0.2) is 5.82 Å². The summed E-state index contributed by atoms with van der Waals surface area (Å²) in [5.74, 6) is -1.32. The first-order chi connectivity index (χ1) is 12.7. The van der Waals surface area contributed by atoms with Crippen LogP contribution < -0.4 is 9.03 Å². The quantitative estimate of drug-likeness (QED) is 0.784. The van der Waals surface area contributed by atoms with Crippen LogP contribution in [0.2, 0.25) is 0 Å². The van der Waals surface area contributed by atoms with E-state index in [1.165, 1.54) is 6.07 Å². The molecule has 2 aliphatic heterocycles. The van der Waals surface area contributed by atoms with Gasteiger partial charge >= 0.3 is 10.2 Å². The number of phenolic OH excluding ortho intramolecular Hbond substituents is 1. The van der Waals surface area contributed by atoms with Crippen LogP contribution in [-0.2, 0) is 27.8 Å². The van der Waals surface area contributed by atoms with Crippen LogP contribution in [0.5, 0.6) is 5.75 Å². The number of carbonyl (C=O) groups excluding carboxylic acids is 1. The Hall–Kier alpha value is -1.87. The Morgan fingerprint density at radius 3 is 2.63 bits per heavy atom. The summed E-state index contributed by atoms with van der Waals surface area (Å²) in [7, 11) is -4.18. The minimum absolute atomic E-state index is 0.420. The molecule has 2 aliphatic rings. The smallest absolute Gasteiger partial charge is 0.326 e. The molecule has 1 fully saturated rings. The Balaban J connectivity index is 1.84. The monoisotopic (exact) mass is 399 g/mol. The standard InChI is InChI=1S/C18H26FN3O4S/c1-12(2)4-3-7-21-8-5-13-10-15(23)18(17(19)14(13)6-9-21)22-11-16(24)20-27(22,25)26/h10,12,23H,3-9,11H2,1-2H3,(H,20,24). The van der Waals surface area contributed by atoms with Crippen molar-refractivity contribution < 1.29 is 22.7 Å². The lowest BCUT2D eigenvalue weighted by molar-refractivity contribution is -0.117. The van der Waals surface area contributed by atoms with Gasteiger partial charge in [0.1, 0.15) is 18.0 Å². The number of carbonyl (C=O) groups is 1. The third kappa shape index (κ3) is 4.19. The molecule has 0 aromatic heterocycles. The molecule has 0 aliphatic carbocycles. The zero-order valence-electron chi connectivity index (χ0n) is 15.7. The summed E-state index contributed by atoms with van der Waals surface area (Å²) in [6.07, 6.45) is 3.24. The van der Waals surface area contributed by atoms with Crippen LogP contribution >= 0.6 is 0 Å². The summed E-state index contributed by atoms with van der Waals surface area (Å²) in [5.41, 5.74) is 0.667. The normalized spacial score (nSPS) is 19.9. The molecule has 1 amide bonds. The fraction of sp³-hybridized carbons (Fsp3) is 0.611. The average molecular weight is 399 g/mol. The van der Waals surface area contributed by atoms with Crippen LogP contribution in [0.1, 0.15) is 37.8 Å². The number of nitrogens with zero attached hydrogens (tertiary/aromatic N) is 2. The van der Waals surface area contributed by atoms with Crippen molar-refractivity contribution in [3.63, 3.8) is 0 Å². The topological polar surface area (TPSA) is 89.9 Å². The van der Waals surface area contributed by atoms with Crippen LogP contribution in [0.4, 0.5) is 10.1 Å². The minimum atomic E-state index is -4.18. The number of anilines is 1. The van der Waals surface area contributed by atoms with Gasteiger partial charge in [0.25, 0.3) is 5.91 Å². The van der Waals surface area contributed by atoms with Crippen LogP contribution in [0.15, 0.2) is 6.07 Å². The van der Waals surface area contributed by atoms with Gasteiger partial charge in [-0.3, -0.25) is 4.79 Å². The van der Waals surface area contributed by atoms with Gasteiger partial charge in [-0.2, -0.15) is 8.42 Å². The number of benzene rings is 1. The Labute approximate surface area is 159 Å². The van der Waals surface area contributed by atoms with Crippen molar-refractivity contribution in [1.29, 1.82) is 0 Å². The van der Waals surface area contributed by atoms with E-state index in [1.807, 2.05) is 0 Å². The maximum Gasteiger partial charge on any atom is 0.326 e. The van der Waals surface area contributed by atoms with Gasteiger partial charge < -0.3 is 10.0 Å². The summed E-state index contributed by atoms with van der Waals surface area (Å²) < 4.78 is 41.7. The minimum Gasteiger partial charge on any atom is -0.506 e. The Morgan fingerprint density at radius 1 is 1.30 bits per heavy atom. The fourth-order valence-electron chi connectivity index (χ4n) is 3.70. The predicted molar refractivity (Wildman–Crippen MR) is 100 cm³/mol. The van der Waals surface area contributed by atoms with Crippen molar-refractivity contribution in [3.05, 3.63) is 23.0 Å². The number of nitrogens with one attached hydrogen (secondary N) is 1. The summed E-state index contributed by atoms with van der Waals surface area (Å²) in [6, 6.07) is 1.43. The molecule has 1 aromatic carbocycles. The second-order valence-corrected chi connectivity index (χ2v) is 9.21. The van der Waals surface area contributed by atoms with Gasteiger partial charge in [-0.1, -0.05) is 13.8 Å². The molecule has 1 saturated heterocycles. The van der Waals surface area contributed by atoms with E-state index in [2.05, 4.69) is 18.7 Å². The third-order valence-electron chi connectivity index (χ3n) is 5.11. The maximum absolute atomic E-state index is 15.2. The van der Waals surface area contributed by atoms with Crippen molar-refractivity contribution in [3.8, 4) is 5.75 Å². The van der Waals surface area contributed by atoms with Crippen LogP contribution in [0.25, 0.3) is 0 Å². The molecule has 0 saturated carbocycles. The lowest BCUT2D eigenvalue weighted by atomic mass is 10.0. The van der Waals surface area contributed by atoms with Gasteiger partial charge in [-0.25, -0.2) is 13.4 Å². The van der Waals surface area contributed by atoms with E-state index in [0.717, 1.165) is 25.9 Å². The second-order valence-electron chi connectivity index (χ2n) is 7.61. The number of rotatable bonds is 5. The highest BCUT2D eigenvalue weighted by Crippen LogP contribution is 2.38. The summed E-state index contributed by atoms with van der Waals surface area (Å²) in [4.78, 5) is 13.7. The van der Waals surface area contributed by atoms with E-state index in [9.17, 15) is 18.3 Å². The Kier molecular flexibility index (Phi) is 5.62. The maximum atomic E-state index is 15.2. The van der Waals surface area contributed by atoms with Gasteiger partial charge in [0.2, 0.25) is 0 Å². The highest BCUT2D eigenvalue weighted by Gasteiger charge is 2.38. The Morgan fingerprint density at radius 2 is 2.00 bits per heavy atom. The fourth-order valence-corrected chi connectivity index (χ4v) is 4.86. The number of amides is 1. The molecule has 0 bridgehead atoms. The molecule has 7 nitrogen and oxygen atoms in total. The highest BCUT2D eigenvalue weighted by atomic mass is 32.2. The molecular weight excluding hydrogens is 373 g/mol. The zero-order chi connectivity index (χ0) is 19.8. The molecule has 0 radical (unpaired) electrons. The lowest BCUT2D eigenvalue weighted by Gasteiger charge is -2.20. The first-order valence-corrected chi connectivity index (χ1v) is 10.7. The second kappa shape index (κ2) is 7.63. The van der Waals surface area contributed by atoms with Crippen molar-refractivity contribution in [1.82, 2.24) is 9.62 Å². The predicted octanol–water partition coefficient (Wildman–Crippen LogP) is 1.55. The number of halogens is 1. The zero-order valence-corrected chi connectivity index (χ0v) is 16.5. The molecule has 0 spiro atoms. The van der Waals surface area contributed by atoms with E-state index >= 15 is 4.39 Å². The number of phenols is 1. The molecule has 150 valence electrons. The van der Waals surface area contributed by atoms with E-state index in [4.69, 9.17) is 0 Å². The highest BCUT2D eigenvalue weighted by molar-refractivity contribution is 7.92. The van der Waals surface area contributed by atoms with E-state index in [-0.39, 0.29) is 0 Å². The molecule has 3 rings (SSSR count). The molecule has 9 heteroatoms. The van der Waals surface area contributed by atoms with E-state index < -0.39 is 39.9 Å². The van der Waals surface area contributed by atoms with Crippen LogP contribution in [0, 0.1) is 11.7 Å². The largest absolute Gasteiger partial charge is 0.506 e. The molecule has 1 aromatic rings. The van der Waals surface area contributed by atoms with Crippen molar-refractivity contribution in [2.24, 2.45) is 5.92 Å². The first-order valence-electron chi connectivity index (χ1n) is 9.28. The lowest BCUT2D eigenvalue weighted by Crippen LogP contribution is -2.30. The summed E-state index contributed by atoms with van der Waals surface area (Å²) in [5, 5.41) is 10.3. The van der Waals surface area contributed by atoms with Crippen LogP contribution in [0.3, 0.4) is 0 Å². The summed E-state index contributed by atoms with van der Waals surface area (Å²) in [6.45, 7) is 6.22. The van der Waals surface area contributed by atoms with Crippen molar-refractivity contribution in [2.75, 3.05) is 30.5 Å². The number of fused-ring (bicyclic) bond motifs is 1. The number of hydrogen-bond donors (Lipinski definition) is 2. The number of hydrogen-bond acceptors (Lipinski definition) is 5. The average Bonchev–Trinajstić information content (AvgIpc) is 2.71. The van der Waals surface area contributed by atoms with Crippen molar-refractivity contribution in [2.45, 2.75) is 39.5 Å². The van der Waals surface area contributed by atoms with Crippen molar-refractivity contribution >= 4 is 21.8 Å². The third-order valence-corrected chi connectivity index (χ3v) is 6.49. The van der Waals surface area contributed by atoms with E-state index in [0.29, 0.717) is 40.7 Å². The van der Waals surface area contributed by atoms with Gasteiger partial charge in [-0.15, -0.1) is 0 Å². The van der Waals surface area contributed by atoms with Gasteiger partial charge in [0.05, 0.1) is 0 Å². The molecule has 2 N–H and O–H groups in total. The molecule has 27 heavy (non-hydrogen) atoms. The Bertz CT molecular complexity index is 841. The SMILES string of the molecule is CC(C)CCCN1CCc2cc(O)c(N3CC(=O)NS3(=O)=O)c(F)c2CC1. The first kappa shape index (κ1) is 19.9. The summed E-state index contributed by atoms with van der Waals surface area (Å²) >= 11 is 0. The van der Waals surface area contributed by atoms with E-state index in [1.54, 1.807) is 4.72 Å². The molecule has 0 unspecified atom stereocenters. The van der Waals surface area contributed by atoms with Gasteiger partial charge in [0, 0.05) is 13.1 Å². The molecule has 2 heterocycles. The molecular formula is C18H26FN3O4S. The van der Waals surface area contributed by atoms with Gasteiger partial charge in [-0.05, 0) is 55.3 Å². The number of aromatic hydroxyl groups is 1. The molecule has 0 atom stereocenters. The van der Waals surface area contributed by atoms with Crippen LogP contribution in [-0.4, -0.2) is 50.5 Å².